The summed E-state index contributed by atoms with van der Waals surface area (Å²) in [5, 5.41) is 8.01. The Bertz CT molecular complexity index is 1720. The van der Waals surface area contributed by atoms with Crippen LogP contribution in [-0.2, 0) is 12.7 Å². The second-order valence-corrected chi connectivity index (χ2v) is 9.75. The summed E-state index contributed by atoms with van der Waals surface area (Å²) in [4.78, 5) is 36.7. The number of nitrogens with two attached hydrogens (primary N) is 1. The van der Waals surface area contributed by atoms with Crippen molar-refractivity contribution in [3.05, 3.63) is 68.5 Å². The molecular formula is C25H22F6N8O2. The molecule has 1 aliphatic carbocycles. The van der Waals surface area contributed by atoms with Gasteiger partial charge < -0.3 is 11.1 Å². The predicted molar refractivity (Wildman–Crippen MR) is 136 cm³/mol. The maximum absolute atomic E-state index is 15.0. The van der Waals surface area contributed by atoms with Gasteiger partial charge in [-0.3, -0.25) is 14.2 Å². The molecule has 3 aromatic heterocycles. The molecule has 0 aliphatic heterocycles. The number of aromatic nitrogens is 6. The van der Waals surface area contributed by atoms with Gasteiger partial charge in [0, 0.05) is 18.8 Å². The van der Waals surface area contributed by atoms with Crippen LogP contribution in [0.2, 0.25) is 0 Å². The van der Waals surface area contributed by atoms with Crippen LogP contribution in [0.25, 0.3) is 22.3 Å². The molecule has 4 aromatic rings. The first-order valence-electron chi connectivity index (χ1n) is 12.4. The van der Waals surface area contributed by atoms with Crippen molar-refractivity contribution < 1.29 is 26.3 Å². The molecule has 0 spiro atoms. The molecule has 16 heteroatoms. The average molecular weight is 580 g/mol. The highest BCUT2D eigenvalue weighted by Gasteiger charge is 2.38. The van der Waals surface area contributed by atoms with Gasteiger partial charge in [-0.1, -0.05) is 6.42 Å². The van der Waals surface area contributed by atoms with E-state index in [1.54, 1.807) is 5.10 Å². The second kappa shape index (κ2) is 10.8. The Morgan fingerprint density at radius 2 is 1.93 bits per heavy atom. The van der Waals surface area contributed by atoms with Crippen molar-refractivity contribution in [3.63, 3.8) is 0 Å². The molecule has 1 saturated carbocycles. The molecule has 1 unspecified atom stereocenters. The van der Waals surface area contributed by atoms with E-state index < -0.39 is 58.2 Å². The molecule has 5 rings (SSSR count). The summed E-state index contributed by atoms with van der Waals surface area (Å²) in [5.74, 6) is -1.76. The molecular weight excluding hydrogens is 558 g/mol. The van der Waals surface area contributed by atoms with Crippen LogP contribution in [0.1, 0.15) is 43.2 Å². The SMILES string of the molecule is Nc1nc(-c2cc3ncn(CC4CCC[C@H](Nc5cn[nH]c(=O)c5C(F)(F)F)C4)c(=O)c3cc2F)ncc1C(F)F. The van der Waals surface area contributed by atoms with E-state index in [1.165, 1.54) is 17.0 Å². The minimum atomic E-state index is -4.87. The monoisotopic (exact) mass is 580 g/mol. The molecule has 3 heterocycles. The van der Waals surface area contributed by atoms with Gasteiger partial charge in [0.15, 0.2) is 5.82 Å². The average Bonchev–Trinajstić information content (AvgIpc) is 2.89. The van der Waals surface area contributed by atoms with Gasteiger partial charge in [0.05, 0.1) is 40.2 Å². The molecule has 41 heavy (non-hydrogen) atoms. The minimum absolute atomic E-state index is 0.0409. The highest BCUT2D eigenvalue weighted by atomic mass is 19.4. The summed E-state index contributed by atoms with van der Waals surface area (Å²) >= 11 is 0. The second-order valence-electron chi connectivity index (χ2n) is 9.75. The summed E-state index contributed by atoms with van der Waals surface area (Å²) in [6, 6.07) is 1.77. The van der Waals surface area contributed by atoms with Crippen molar-refractivity contribution >= 4 is 22.4 Å². The van der Waals surface area contributed by atoms with Crippen LogP contribution in [0.15, 0.2) is 40.4 Å². The number of benzene rings is 1. The quantitative estimate of drug-likeness (QED) is 0.287. The Kier molecular flexibility index (Phi) is 7.40. The molecule has 0 radical (unpaired) electrons. The zero-order valence-electron chi connectivity index (χ0n) is 21.1. The smallest absolute Gasteiger partial charge is 0.383 e. The Labute approximate surface area is 226 Å². The Hall–Kier alpha value is -4.50. The normalized spacial score (nSPS) is 17.7. The number of nitrogens with one attached hydrogen (secondary N) is 2. The molecule has 10 nitrogen and oxygen atoms in total. The molecule has 216 valence electrons. The molecule has 2 atom stereocenters. The van der Waals surface area contributed by atoms with Gasteiger partial charge in [-0.15, -0.1) is 0 Å². The number of halogens is 6. The molecule has 0 bridgehead atoms. The number of hydrogen-bond acceptors (Lipinski definition) is 8. The van der Waals surface area contributed by atoms with Crippen molar-refractivity contribution in [3.8, 4) is 11.4 Å². The Morgan fingerprint density at radius 3 is 2.63 bits per heavy atom. The third kappa shape index (κ3) is 5.71. The number of anilines is 2. The van der Waals surface area contributed by atoms with Gasteiger partial charge in [0.1, 0.15) is 17.2 Å². The summed E-state index contributed by atoms with van der Waals surface area (Å²) in [6.07, 6.45) is -2.50. The van der Waals surface area contributed by atoms with Crippen LogP contribution in [-0.4, -0.2) is 35.8 Å². The summed E-state index contributed by atoms with van der Waals surface area (Å²) in [6.45, 7) is 0.178. The number of nitrogen functional groups attached to an aromatic ring is 1. The van der Waals surface area contributed by atoms with E-state index in [2.05, 4.69) is 25.4 Å². The van der Waals surface area contributed by atoms with E-state index in [1.807, 2.05) is 0 Å². The third-order valence-corrected chi connectivity index (χ3v) is 6.97. The van der Waals surface area contributed by atoms with E-state index in [0.717, 1.165) is 18.5 Å². The lowest BCUT2D eigenvalue weighted by Gasteiger charge is -2.31. The van der Waals surface area contributed by atoms with Gasteiger partial charge in [0.25, 0.3) is 17.5 Å². The summed E-state index contributed by atoms with van der Waals surface area (Å²) < 4.78 is 82.5. The standard InChI is InChI=1S/C25H22F6N8O2/c26-16-5-14-17(6-13(16)22-33-7-15(20(27)28)21(32)37-22)34-10-39(24(14)41)9-11-2-1-3-12(4-11)36-18-8-35-38-23(40)19(18)25(29,30)31/h5-8,10-12,20H,1-4,9H2,(H2,32,33,37)(H2,36,38,40)/t11?,12-/m0/s1. The third-order valence-electron chi connectivity index (χ3n) is 6.97. The molecule has 4 N–H and O–H groups in total. The summed E-state index contributed by atoms with van der Waals surface area (Å²) in [5.41, 5.74) is 1.23. The van der Waals surface area contributed by atoms with Gasteiger partial charge >= 0.3 is 6.18 Å². The van der Waals surface area contributed by atoms with Gasteiger partial charge in [-0.25, -0.2) is 33.2 Å². The van der Waals surface area contributed by atoms with Crippen LogP contribution < -0.4 is 22.2 Å². The first-order valence-corrected chi connectivity index (χ1v) is 12.4. The zero-order chi connectivity index (χ0) is 29.5. The first-order chi connectivity index (χ1) is 19.4. The van der Waals surface area contributed by atoms with E-state index in [9.17, 15) is 31.5 Å². The summed E-state index contributed by atoms with van der Waals surface area (Å²) in [7, 11) is 0. The topological polar surface area (TPSA) is 144 Å². The van der Waals surface area contributed by atoms with E-state index in [0.29, 0.717) is 25.7 Å². The molecule has 1 fully saturated rings. The van der Waals surface area contributed by atoms with Crippen LogP contribution in [0.4, 0.5) is 37.8 Å². The number of nitrogens with zero attached hydrogens (tertiary/aromatic N) is 5. The van der Waals surface area contributed by atoms with Crippen molar-refractivity contribution in [2.45, 2.75) is 50.9 Å². The van der Waals surface area contributed by atoms with Crippen LogP contribution in [0.3, 0.4) is 0 Å². The van der Waals surface area contributed by atoms with E-state index >= 15 is 4.39 Å². The van der Waals surface area contributed by atoms with Crippen molar-refractivity contribution in [2.75, 3.05) is 11.1 Å². The van der Waals surface area contributed by atoms with Crippen molar-refractivity contribution in [1.82, 2.24) is 29.7 Å². The van der Waals surface area contributed by atoms with E-state index in [-0.39, 0.29) is 34.8 Å². The highest BCUT2D eigenvalue weighted by Crippen LogP contribution is 2.34. The lowest BCUT2D eigenvalue weighted by Crippen LogP contribution is -2.34. The maximum atomic E-state index is 15.0. The van der Waals surface area contributed by atoms with Crippen LogP contribution >= 0.6 is 0 Å². The fourth-order valence-electron chi connectivity index (χ4n) is 5.06. The number of rotatable bonds is 6. The zero-order valence-corrected chi connectivity index (χ0v) is 21.1. The Balaban J connectivity index is 1.36. The van der Waals surface area contributed by atoms with Gasteiger partial charge in [-0.2, -0.15) is 18.3 Å². The number of fused-ring (bicyclic) bond motifs is 1. The Morgan fingerprint density at radius 1 is 1.15 bits per heavy atom. The number of H-pyrrole nitrogens is 1. The first kappa shape index (κ1) is 28.0. The van der Waals surface area contributed by atoms with Crippen LogP contribution in [0.5, 0.6) is 0 Å². The number of hydrogen-bond donors (Lipinski definition) is 3. The molecule has 0 amide bonds. The van der Waals surface area contributed by atoms with Crippen molar-refractivity contribution in [1.29, 1.82) is 0 Å². The van der Waals surface area contributed by atoms with Gasteiger partial charge in [-0.05, 0) is 37.3 Å². The lowest BCUT2D eigenvalue weighted by molar-refractivity contribution is -0.138. The predicted octanol–water partition coefficient (Wildman–Crippen LogP) is 4.29. The molecule has 0 saturated heterocycles. The highest BCUT2D eigenvalue weighted by molar-refractivity contribution is 5.82. The lowest BCUT2D eigenvalue weighted by atomic mass is 9.85. The maximum Gasteiger partial charge on any atom is 0.423 e. The van der Waals surface area contributed by atoms with Crippen LogP contribution in [0, 0.1) is 11.7 Å². The number of alkyl halides is 5. The molecule has 1 aromatic carbocycles. The fraction of sp³-hybridized carbons (Fsp3) is 0.360. The largest absolute Gasteiger partial charge is 0.423 e. The molecule has 1 aliphatic rings. The van der Waals surface area contributed by atoms with Crippen molar-refractivity contribution in [2.24, 2.45) is 5.92 Å². The fourth-order valence-corrected chi connectivity index (χ4v) is 5.06. The minimum Gasteiger partial charge on any atom is -0.383 e. The number of aromatic amines is 1. The van der Waals surface area contributed by atoms with Gasteiger partial charge in [0.2, 0.25) is 0 Å². The van der Waals surface area contributed by atoms with E-state index in [4.69, 9.17) is 5.73 Å².